The predicted molar refractivity (Wildman–Crippen MR) is 60.8 cm³/mol. The molecule has 2 rings (SSSR count). The molecule has 1 aliphatic heterocycles. The summed E-state index contributed by atoms with van der Waals surface area (Å²) in [5.74, 6) is 0.702. The fourth-order valence-electron chi connectivity index (χ4n) is 2.27. The van der Waals surface area contributed by atoms with Crippen molar-refractivity contribution in [1.29, 1.82) is 0 Å². The molecule has 1 N–H and O–H groups in total. The number of hydrogen-bond donors (Lipinski definition) is 1. The normalized spacial score (nSPS) is 26.6. The van der Waals surface area contributed by atoms with Crippen molar-refractivity contribution in [3.8, 4) is 0 Å². The molecule has 3 heteroatoms. The second-order valence-corrected chi connectivity index (χ2v) is 4.65. The van der Waals surface area contributed by atoms with Gasteiger partial charge in [0.15, 0.2) is 0 Å². The molecule has 1 aliphatic rings. The summed E-state index contributed by atoms with van der Waals surface area (Å²) in [6.07, 6.45) is 1.03. The third-order valence-electron chi connectivity index (χ3n) is 3.14. The van der Waals surface area contributed by atoms with Crippen molar-refractivity contribution >= 4 is 11.6 Å². The second kappa shape index (κ2) is 4.50. The van der Waals surface area contributed by atoms with Gasteiger partial charge in [-0.25, -0.2) is 4.39 Å². The molecule has 0 aromatic heterocycles. The zero-order valence-electron chi connectivity index (χ0n) is 8.76. The van der Waals surface area contributed by atoms with Crippen LogP contribution in [0.3, 0.4) is 0 Å². The number of benzene rings is 1. The van der Waals surface area contributed by atoms with E-state index in [0.29, 0.717) is 16.9 Å². The molecule has 82 valence electrons. The van der Waals surface area contributed by atoms with E-state index in [0.717, 1.165) is 25.1 Å². The van der Waals surface area contributed by atoms with Gasteiger partial charge in [-0.2, -0.15) is 0 Å². The maximum Gasteiger partial charge on any atom is 0.123 e. The number of halogens is 2. The standard InChI is InChI=1S/C12H15ClFN/c1-8-7-15-5-4-10(8)11-6-9(14)2-3-12(11)13/h2-3,6,8,10,15H,4-5,7H2,1H3. The lowest BCUT2D eigenvalue weighted by molar-refractivity contribution is 0.349. The van der Waals surface area contributed by atoms with Gasteiger partial charge in [0.1, 0.15) is 5.82 Å². The Hall–Kier alpha value is -0.600. The van der Waals surface area contributed by atoms with Gasteiger partial charge in [-0.15, -0.1) is 0 Å². The minimum absolute atomic E-state index is 0.194. The van der Waals surface area contributed by atoms with Crippen LogP contribution >= 0.6 is 11.6 Å². The average Bonchev–Trinajstić information content (AvgIpc) is 2.23. The molecule has 1 fully saturated rings. The Bertz CT molecular complexity index is 353. The summed E-state index contributed by atoms with van der Waals surface area (Å²) < 4.78 is 13.2. The zero-order chi connectivity index (χ0) is 10.8. The van der Waals surface area contributed by atoms with E-state index in [4.69, 9.17) is 11.6 Å². The first-order chi connectivity index (χ1) is 7.18. The van der Waals surface area contributed by atoms with Gasteiger partial charge < -0.3 is 5.32 Å². The van der Waals surface area contributed by atoms with Crippen LogP contribution in [0.15, 0.2) is 18.2 Å². The van der Waals surface area contributed by atoms with Gasteiger partial charge in [-0.1, -0.05) is 18.5 Å². The van der Waals surface area contributed by atoms with Gasteiger partial charge in [0, 0.05) is 5.02 Å². The molecule has 1 saturated heterocycles. The molecule has 15 heavy (non-hydrogen) atoms. The summed E-state index contributed by atoms with van der Waals surface area (Å²) in [6.45, 7) is 4.15. The Balaban J connectivity index is 2.30. The largest absolute Gasteiger partial charge is 0.316 e. The van der Waals surface area contributed by atoms with Gasteiger partial charge >= 0.3 is 0 Å². The average molecular weight is 228 g/mol. The summed E-state index contributed by atoms with van der Waals surface area (Å²) >= 11 is 6.11. The Morgan fingerprint density at radius 2 is 2.27 bits per heavy atom. The van der Waals surface area contributed by atoms with Crippen molar-refractivity contribution in [2.45, 2.75) is 19.3 Å². The maximum atomic E-state index is 13.2. The summed E-state index contributed by atoms with van der Waals surface area (Å²) in [5, 5.41) is 4.02. The topological polar surface area (TPSA) is 12.0 Å². The van der Waals surface area contributed by atoms with E-state index in [-0.39, 0.29) is 5.82 Å². The monoisotopic (exact) mass is 227 g/mol. The van der Waals surface area contributed by atoms with Gasteiger partial charge in [0.2, 0.25) is 0 Å². The lowest BCUT2D eigenvalue weighted by Gasteiger charge is -2.30. The minimum Gasteiger partial charge on any atom is -0.316 e. The third-order valence-corrected chi connectivity index (χ3v) is 3.49. The van der Waals surface area contributed by atoms with Crippen molar-refractivity contribution in [2.75, 3.05) is 13.1 Å². The molecule has 1 nitrogen and oxygen atoms in total. The first-order valence-corrected chi connectivity index (χ1v) is 5.72. The van der Waals surface area contributed by atoms with Crippen molar-refractivity contribution in [3.05, 3.63) is 34.6 Å². The van der Waals surface area contributed by atoms with Crippen molar-refractivity contribution in [3.63, 3.8) is 0 Å². The van der Waals surface area contributed by atoms with Gasteiger partial charge in [-0.3, -0.25) is 0 Å². The Kier molecular flexibility index (Phi) is 3.27. The molecule has 0 amide bonds. The Labute approximate surface area is 94.6 Å². The molecule has 1 aromatic rings. The van der Waals surface area contributed by atoms with Crippen LogP contribution in [0, 0.1) is 11.7 Å². The van der Waals surface area contributed by atoms with E-state index in [1.54, 1.807) is 12.1 Å². The van der Waals surface area contributed by atoms with E-state index >= 15 is 0 Å². The number of piperidine rings is 1. The first-order valence-electron chi connectivity index (χ1n) is 5.34. The number of nitrogens with one attached hydrogen (secondary N) is 1. The smallest absolute Gasteiger partial charge is 0.123 e. The van der Waals surface area contributed by atoms with Gasteiger partial charge in [0.05, 0.1) is 0 Å². The van der Waals surface area contributed by atoms with Crippen LogP contribution in [0.25, 0.3) is 0 Å². The lowest BCUT2D eigenvalue weighted by atomic mass is 9.82. The molecule has 0 spiro atoms. The molecular formula is C12H15ClFN. The van der Waals surface area contributed by atoms with Crippen molar-refractivity contribution < 1.29 is 4.39 Å². The highest BCUT2D eigenvalue weighted by Gasteiger charge is 2.24. The third kappa shape index (κ3) is 2.32. The fraction of sp³-hybridized carbons (Fsp3) is 0.500. The second-order valence-electron chi connectivity index (χ2n) is 4.24. The Morgan fingerprint density at radius 3 is 3.00 bits per heavy atom. The summed E-state index contributed by atoms with van der Waals surface area (Å²) in [4.78, 5) is 0. The molecule has 1 heterocycles. The predicted octanol–water partition coefficient (Wildman–Crippen LogP) is 3.19. The van der Waals surface area contributed by atoms with Crippen molar-refractivity contribution in [2.24, 2.45) is 5.92 Å². The van der Waals surface area contributed by atoms with Crippen LogP contribution in [-0.4, -0.2) is 13.1 Å². The Morgan fingerprint density at radius 1 is 1.47 bits per heavy atom. The van der Waals surface area contributed by atoms with E-state index in [1.807, 2.05) is 0 Å². The van der Waals surface area contributed by atoms with Crippen LogP contribution in [0.1, 0.15) is 24.8 Å². The highest BCUT2D eigenvalue weighted by atomic mass is 35.5. The molecule has 0 bridgehead atoms. The van der Waals surface area contributed by atoms with Gasteiger partial charge in [0.25, 0.3) is 0 Å². The van der Waals surface area contributed by atoms with E-state index in [9.17, 15) is 4.39 Å². The van der Waals surface area contributed by atoms with E-state index < -0.39 is 0 Å². The molecule has 0 aliphatic carbocycles. The fourth-order valence-corrected chi connectivity index (χ4v) is 2.53. The minimum atomic E-state index is -0.194. The van der Waals surface area contributed by atoms with Crippen LogP contribution < -0.4 is 5.32 Å². The lowest BCUT2D eigenvalue weighted by Crippen LogP contribution is -2.33. The van der Waals surface area contributed by atoms with Crippen molar-refractivity contribution in [1.82, 2.24) is 5.32 Å². The molecule has 0 radical (unpaired) electrons. The highest BCUT2D eigenvalue weighted by Crippen LogP contribution is 2.34. The van der Waals surface area contributed by atoms with Crippen LogP contribution in [0.5, 0.6) is 0 Å². The van der Waals surface area contributed by atoms with Gasteiger partial charge in [-0.05, 0) is 55.1 Å². The summed E-state index contributed by atoms with van der Waals surface area (Å²) in [5.41, 5.74) is 0.964. The van der Waals surface area contributed by atoms with Crippen LogP contribution in [0.2, 0.25) is 5.02 Å². The van der Waals surface area contributed by atoms with Crippen LogP contribution in [-0.2, 0) is 0 Å². The molecule has 2 unspecified atom stereocenters. The summed E-state index contributed by atoms with van der Waals surface area (Å²) in [6, 6.07) is 4.65. The highest BCUT2D eigenvalue weighted by molar-refractivity contribution is 6.31. The molecular weight excluding hydrogens is 213 g/mol. The first kappa shape index (κ1) is 10.9. The summed E-state index contributed by atoms with van der Waals surface area (Å²) in [7, 11) is 0. The van der Waals surface area contributed by atoms with E-state index in [1.165, 1.54) is 6.07 Å². The van der Waals surface area contributed by atoms with E-state index in [2.05, 4.69) is 12.2 Å². The molecule has 1 aromatic carbocycles. The van der Waals surface area contributed by atoms with Crippen LogP contribution in [0.4, 0.5) is 4.39 Å². The molecule has 0 saturated carbocycles. The molecule has 2 atom stereocenters. The number of hydrogen-bond acceptors (Lipinski definition) is 1. The quantitative estimate of drug-likeness (QED) is 0.777. The SMILES string of the molecule is CC1CNCCC1c1cc(F)ccc1Cl. The maximum absolute atomic E-state index is 13.2. The number of rotatable bonds is 1. The zero-order valence-corrected chi connectivity index (χ0v) is 9.52.